The van der Waals surface area contributed by atoms with Crippen LogP contribution in [-0.2, 0) is 0 Å². The summed E-state index contributed by atoms with van der Waals surface area (Å²) in [6, 6.07) is 4.02. The van der Waals surface area contributed by atoms with Crippen molar-refractivity contribution >= 4 is 36.5 Å². The number of rotatable bonds is 3. The van der Waals surface area contributed by atoms with Gasteiger partial charge in [-0.15, -0.1) is 29.9 Å². The van der Waals surface area contributed by atoms with E-state index in [-0.39, 0.29) is 30.7 Å². The van der Waals surface area contributed by atoms with Crippen LogP contribution < -0.4 is 10.6 Å². The minimum Gasteiger partial charge on any atom is -0.317 e. The Morgan fingerprint density at radius 3 is 2.67 bits per heavy atom. The van der Waals surface area contributed by atoms with Crippen molar-refractivity contribution in [1.82, 2.24) is 25.3 Å². The molecule has 0 aliphatic carbocycles. The van der Waals surface area contributed by atoms with Gasteiger partial charge in [0, 0.05) is 6.20 Å². The molecule has 1 amide bonds. The molecule has 132 valence electrons. The van der Waals surface area contributed by atoms with Gasteiger partial charge in [-0.05, 0) is 57.5 Å². The predicted octanol–water partition coefficient (Wildman–Crippen LogP) is 2.31. The molecule has 7 nitrogen and oxygen atoms in total. The lowest BCUT2D eigenvalue weighted by Crippen LogP contribution is -2.30. The lowest BCUT2D eigenvalue weighted by Gasteiger charge is -2.23. The Kier molecular flexibility index (Phi) is 7.59. The van der Waals surface area contributed by atoms with E-state index >= 15 is 0 Å². The maximum absolute atomic E-state index is 12.4. The highest BCUT2D eigenvalue weighted by atomic mass is 35.5. The quantitative estimate of drug-likeness (QED) is 0.863. The Morgan fingerprint density at radius 1 is 1.29 bits per heavy atom. The first-order chi connectivity index (χ1) is 10.6. The fourth-order valence-corrected chi connectivity index (χ4v) is 2.73. The molecule has 2 N–H and O–H groups in total. The highest BCUT2D eigenvalue weighted by Gasteiger charge is 2.23. The molecular weight excluding hydrogens is 351 g/mol. The number of aromatic nitrogens is 4. The van der Waals surface area contributed by atoms with Crippen LogP contribution in [0.15, 0.2) is 18.3 Å². The molecule has 1 aliphatic rings. The van der Waals surface area contributed by atoms with Crippen LogP contribution in [-0.4, -0.2) is 39.0 Å². The summed E-state index contributed by atoms with van der Waals surface area (Å²) in [5, 5.41) is 14.3. The van der Waals surface area contributed by atoms with Crippen LogP contribution in [0.3, 0.4) is 0 Å². The summed E-state index contributed by atoms with van der Waals surface area (Å²) in [4.78, 5) is 16.5. The topological polar surface area (TPSA) is 84.7 Å². The van der Waals surface area contributed by atoms with E-state index in [0.717, 1.165) is 37.2 Å². The molecule has 9 heteroatoms. The van der Waals surface area contributed by atoms with E-state index in [0.29, 0.717) is 17.6 Å². The zero-order chi connectivity index (χ0) is 15.5. The third-order valence-electron chi connectivity index (χ3n) is 3.95. The summed E-state index contributed by atoms with van der Waals surface area (Å²) in [5.74, 6) is 0.261. The molecule has 24 heavy (non-hydrogen) atoms. The fourth-order valence-electron chi connectivity index (χ4n) is 2.73. The van der Waals surface area contributed by atoms with Gasteiger partial charge >= 0.3 is 0 Å². The van der Waals surface area contributed by atoms with Crippen molar-refractivity contribution in [2.24, 2.45) is 0 Å². The molecule has 0 saturated carbocycles. The van der Waals surface area contributed by atoms with Crippen LogP contribution >= 0.6 is 24.8 Å². The van der Waals surface area contributed by atoms with E-state index in [1.165, 1.54) is 0 Å². The molecule has 0 atom stereocenters. The molecule has 1 fully saturated rings. The normalized spacial score (nSPS) is 14.4. The molecule has 0 radical (unpaired) electrons. The number of halogens is 2. The number of nitrogens with zero attached hydrogens (tertiary/aromatic N) is 4. The van der Waals surface area contributed by atoms with Crippen molar-refractivity contribution < 1.29 is 4.79 Å². The first-order valence-electron chi connectivity index (χ1n) is 7.51. The Labute approximate surface area is 153 Å². The van der Waals surface area contributed by atoms with Crippen molar-refractivity contribution in [2.75, 3.05) is 18.4 Å². The third-order valence-corrected chi connectivity index (χ3v) is 3.95. The van der Waals surface area contributed by atoms with E-state index in [2.05, 4.69) is 25.9 Å². The fraction of sp³-hybridized carbons (Fsp3) is 0.467. The Bertz CT molecular complexity index is 684. The minimum atomic E-state index is -0.268. The molecule has 2 aromatic rings. The van der Waals surface area contributed by atoms with Gasteiger partial charge in [-0.3, -0.25) is 4.79 Å². The van der Waals surface area contributed by atoms with Gasteiger partial charge in [-0.1, -0.05) is 5.21 Å². The highest BCUT2D eigenvalue weighted by Crippen LogP contribution is 2.20. The van der Waals surface area contributed by atoms with Gasteiger partial charge < -0.3 is 10.6 Å². The van der Waals surface area contributed by atoms with E-state index < -0.39 is 0 Å². The maximum Gasteiger partial charge on any atom is 0.279 e. The van der Waals surface area contributed by atoms with Gasteiger partial charge in [0.15, 0.2) is 5.69 Å². The van der Waals surface area contributed by atoms with Crippen LogP contribution in [0.4, 0.5) is 5.82 Å². The largest absolute Gasteiger partial charge is 0.317 e. The number of carbonyl (C=O) groups excluding carboxylic acids is 1. The zero-order valence-electron chi connectivity index (χ0n) is 13.7. The van der Waals surface area contributed by atoms with Crippen LogP contribution in [0.2, 0.25) is 0 Å². The molecule has 0 spiro atoms. The molecule has 0 bridgehead atoms. The number of amides is 1. The molecule has 0 unspecified atom stereocenters. The van der Waals surface area contributed by atoms with E-state index in [1.807, 2.05) is 30.7 Å². The third kappa shape index (κ3) is 4.43. The second-order valence-corrected chi connectivity index (χ2v) is 5.62. The Balaban J connectivity index is 0.00000144. The van der Waals surface area contributed by atoms with Gasteiger partial charge in [0.05, 0.1) is 11.7 Å². The molecule has 3 heterocycles. The van der Waals surface area contributed by atoms with E-state index in [4.69, 9.17) is 0 Å². The Morgan fingerprint density at radius 2 is 2.00 bits per heavy atom. The number of carbonyl (C=O) groups is 1. The number of hydrogen-bond donors (Lipinski definition) is 2. The first-order valence-corrected chi connectivity index (χ1v) is 7.51. The van der Waals surface area contributed by atoms with Crippen molar-refractivity contribution in [1.29, 1.82) is 0 Å². The lowest BCUT2D eigenvalue weighted by molar-refractivity contribution is 0.102. The van der Waals surface area contributed by atoms with E-state index in [9.17, 15) is 4.79 Å². The number of nitrogens with one attached hydrogen (secondary N) is 2. The predicted molar refractivity (Wildman–Crippen MR) is 97.3 cm³/mol. The second kappa shape index (κ2) is 8.96. The summed E-state index contributed by atoms with van der Waals surface area (Å²) in [6.07, 6.45) is 3.68. The zero-order valence-corrected chi connectivity index (χ0v) is 15.3. The van der Waals surface area contributed by atoms with Crippen LogP contribution in [0.25, 0.3) is 0 Å². The van der Waals surface area contributed by atoms with E-state index in [1.54, 1.807) is 6.20 Å². The standard InChI is InChI=1S/C15H20N6O.2ClH/c1-10-3-8-17-13(9-10)18-15(22)14-11(2)21(20-19-14)12-4-6-16-7-5-12;;/h3,8-9,12,16H,4-7H2,1-2H3,(H,17,18,22);2*1H. The summed E-state index contributed by atoms with van der Waals surface area (Å²) in [6.45, 7) is 5.79. The number of pyridine rings is 1. The number of hydrogen-bond acceptors (Lipinski definition) is 5. The second-order valence-electron chi connectivity index (χ2n) is 5.62. The molecule has 1 aliphatic heterocycles. The van der Waals surface area contributed by atoms with Crippen molar-refractivity contribution in [3.63, 3.8) is 0 Å². The number of aryl methyl sites for hydroxylation is 1. The average molecular weight is 373 g/mol. The minimum absolute atomic E-state index is 0. The summed E-state index contributed by atoms with van der Waals surface area (Å²) >= 11 is 0. The molecular formula is C15H22Cl2N6O. The Hall–Kier alpha value is -1.70. The molecule has 1 saturated heterocycles. The monoisotopic (exact) mass is 372 g/mol. The number of anilines is 1. The average Bonchev–Trinajstić information content (AvgIpc) is 2.90. The summed E-state index contributed by atoms with van der Waals surface area (Å²) in [5.41, 5.74) is 2.21. The SMILES string of the molecule is Cc1ccnc(NC(=O)c2nnn(C3CCNCC3)c2C)c1.Cl.Cl. The highest BCUT2D eigenvalue weighted by molar-refractivity contribution is 6.03. The number of piperidine rings is 1. The smallest absolute Gasteiger partial charge is 0.279 e. The maximum atomic E-state index is 12.4. The lowest BCUT2D eigenvalue weighted by atomic mass is 10.1. The van der Waals surface area contributed by atoms with Crippen LogP contribution in [0, 0.1) is 13.8 Å². The molecule has 2 aromatic heterocycles. The molecule has 0 aromatic carbocycles. The van der Waals surface area contributed by atoms with Crippen LogP contribution in [0.5, 0.6) is 0 Å². The van der Waals surface area contributed by atoms with Crippen molar-refractivity contribution in [3.8, 4) is 0 Å². The van der Waals surface area contributed by atoms with Crippen molar-refractivity contribution in [3.05, 3.63) is 35.3 Å². The van der Waals surface area contributed by atoms with Gasteiger partial charge in [-0.2, -0.15) is 0 Å². The van der Waals surface area contributed by atoms with Gasteiger partial charge in [0.2, 0.25) is 0 Å². The van der Waals surface area contributed by atoms with Gasteiger partial charge in [-0.25, -0.2) is 9.67 Å². The van der Waals surface area contributed by atoms with Crippen LogP contribution in [0.1, 0.15) is 40.6 Å². The molecule has 3 rings (SSSR count). The van der Waals surface area contributed by atoms with Crippen molar-refractivity contribution in [2.45, 2.75) is 32.7 Å². The van der Waals surface area contributed by atoms with Gasteiger partial charge in [0.1, 0.15) is 5.82 Å². The summed E-state index contributed by atoms with van der Waals surface area (Å²) < 4.78 is 1.87. The first kappa shape index (κ1) is 20.3. The summed E-state index contributed by atoms with van der Waals surface area (Å²) in [7, 11) is 0. The van der Waals surface area contributed by atoms with Gasteiger partial charge in [0.25, 0.3) is 5.91 Å².